The van der Waals surface area contributed by atoms with Gasteiger partial charge in [-0.05, 0) is 30.9 Å². The van der Waals surface area contributed by atoms with Gasteiger partial charge in [0.2, 0.25) is 0 Å². The van der Waals surface area contributed by atoms with Crippen LogP contribution < -0.4 is 0 Å². The third kappa shape index (κ3) is 6.92. The van der Waals surface area contributed by atoms with Crippen molar-refractivity contribution < 1.29 is 26.0 Å². The van der Waals surface area contributed by atoms with E-state index in [4.69, 9.17) is 17.0 Å². The van der Waals surface area contributed by atoms with Crippen molar-refractivity contribution >= 4 is 23.2 Å². The molecule has 0 heterocycles. The van der Waals surface area contributed by atoms with Crippen LogP contribution in [0.1, 0.15) is 44.4 Å². The summed E-state index contributed by atoms with van der Waals surface area (Å²) >= 11 is -0.826. The van der Waals surface area contributed by atoms with Gasteiger partial charge in [-0.15, -0.1) is 0 Å². The van der Waals surface area contributed by atoms with Crippen molar-refractivity contribution in [3.63, 3.8) is 0 Å². The minimum absolute atomic E-state index is 0.0507. The first-order valence-corrected chi connectivity index (χ1v) is 12.4. The molecule has 0 saturated carbocycles. The van der Waals surface area contributed by atoms with Crippen molar-refractivity contribution in [1.82, 2.24) is 0 Å². The van der Waals surface area contributed by atoms with Gasteiger partial charge >= 0.3 is 37.9 Å². The molecule has 106 valence electrons. The summed E-state index contributed by atoms with van der Waals surface area (Å²) in [5.41, 5.74) is 2.89. The third-order valence-corrected chi connectivity index (χ3v) is 2.50. The number of aryl methyl sites for hydroxylation is 1. The molecule has 0 aliphatic rings. The van der Waals surface area contributed by atoms with Crippen LogP contribution in [0.25, 0.3) is 0 Å². The Bertz CT molecular complexity index is 428. The molecule has 1 aromatic rings. The molecule has 0 atom stereocenters. The Balaban J connectivity index is 0.000000982. The van der Waals surface area contributed by atoms with Crippen LogP contribution >= 0.6 is 17.0 Å². The fourth-order valence-corrected chi connectivity index (χ4v) is 1.67. The molecule has 19 heavy (non-hydrogen) atoms. The van der Waals surface area contributed by atoms with Crippen LogP contribution in [0.2, 0.25) is 0 Å². The van der Waals surface area contributed by atoms with E-state index in [1.165, 1.54) is 0 Å². The first-order valence-electron chi connectivity index (χ1n) is 6.08. The molecule has 0 radical (unpaired) electrons. The van der Waals surface area contributed by atoms with Crippen molar-refractivity contribution in [3.8, 4) is 5.75 Å². The zero-order valence-electron chi connectivity index (χ0n) is 12.1. The topological polar surface area (TPSA) is 32.6 Å². The quantitative estimate of drug-likeness (QED) is 0.733. The van der Waals surface area contributed by atoms with Crippen molar-refractivity contribution in [1.29, 1.82) is 0 Å². The second-order valence-electron chi connectivity index (χ2n) is 5.20. The van der Waals surface area contributed by atoms with E-state index in [0.717, 1.165) is 23.2 Å². The van der Waals surface area contributed by atoms with Crippen molar-refractivity contribution in [2.45, 2.75) is 40.0 Å². The molecule has 0 amide bonds. The molecule has 0 aromatic heterocycles. The van der Waals surface area contributed by atoms with Crippen LogP contribution in [0.15, 0.2) is 17.1 Å². The van der Waals surface area contributed by atoms with Crippen molar-refractivity contribution in [3.05, 3.63) is 28.8 Å². The maximum atomic E-state index is 10.2. The number of aliphatic imine (C=N–C) groups is 1. The SMILES string of the molecule is CCN=Cc1cc(C)cc(C(C)(C)C)c1O.[Cl][Zr][Cl]. The van der Waals surface area contributed by atoms with Gasteiger partial charge in [-0.3, -0.25) is 4.99 Å². The maximum absolute atomic E-state index is 10.2. The summed E-state index contributed by atoms with van der Waals surface area (Å²) in [6.45, 7) is 11.1. The van der Waals surface area contributed by atoms with Crippen LogP contribution in [0, 0.1) is 6.92 Å². The van der Waals surface area contributed by atoms with Gasteiger partial charge in [0.15, 0.2) is 0 Å². The summed E-state index contributed by atoms with van der Waals surface area (Å²) in [5, 5.41) is 10.2. The molecule has 1 aromatic carbocycles. The number of rotatable bonds is 2. The van der Waals surface area contributed by atoms with E-state index < -0.39 is 20.8 Å². The normalized spacial score (nSPS) is 11.1. The predicted molar refractivity (Wildman–Crippen MR) is 81.4 cm³/mol. The van der Waals surface area contributed by atoms with Gasteiger partial charge < -0.3 is 5.11 Å². The molecule has 0 fully saturated rings. The molecular formula is C14H21Cl2NOZr. The molecule has 0 aliphatic heterocycles. The fourth-order valence-electron chi connectivity index (χ4n) is 1.67. The monoisotopic (exact) mass is 379 g/mol. The molecule has 0 aliphatic carbocycles. The van der Waals surface area contributed by atoms with Crippen molar-refractivity contribution in [2.75, 3.05) is 6.54 Å². The fraction of sp³-hybridized carbons (Fsp3) is 0.500. The molecule has 0 bridgehead atoms. The molecule has 1 rings (SSSR count). The Hall–Kier alpha value is 0.153. The van der Waals surface area contributed by atoms with Gasteiger partial charge in [0, 0.05) is 23.9 Å². The Morgan fingerprint density at radius 2 is 1.84 bits per heavy atom. The number of hydrogen-bond acceptors (Lipinski definition) is 2. The Morgan fingerprint density at radius 3 is 2.26 bits per heavy atom. The molecular weight excluding hydrogens is 360 g/mol. The standard InChI is InChI=1S/C14H21NO.2ClH.Zr/c1-6-15-9-11-7-10(2)8-12(13(11)16)14(3,4)5;;;/h7-9,16H,6H2,1-5H3;2*1H;/q;;;+2/p-2. The van der Waals surface area contributed by atoms with Crippen LogP contribution in [0.5, 0.6) is 5.75 Å². The van der Waals surface area contributed by atoms with Crippen LogP contribution in [-0.4, -0.2) is 17.9 Å². The summed E-state index contributed by atoms with van der Waals surface area (Å²) < 4.78 is 0. The summed E-state index contributed by atoms with van der Waals surface area (Å²) in [5.74, 6) is 0.357. The van der Waals surface area contributed by atoms with E-state index >= 15 is 0 Å². The molecule has 5 heteroatoms. The molecule has 0 unspecified atom stereocenters. The Labute approximate surface area is 134 Å². The van der Waals surface area contributed by atoms with Gasteiger partial charge in [0.25, 0.3) is 0 Å². The Kier molecular flexibility index (Phi) is 9.23. The first kappa shape index (κ1) is 19.2. The molecule has 0 spiro atoms. The van der Waals surface area contributed by atoms with E-state index in [-0.39, 0.29) is 5.41 Å². The van der Waals surface area contributed by atoms with Gasteiger partial charge in [-0.2, -0.15) is 0 Å². The zero-order chi connectivity index (χ0) is 15.1. The molecule has 2 nitrogen and oxygen atoms in total. The Morgan fingerprint density at radius 1 is 1.32 bits per heavy atom. The number of nitrogens with zero attached hydrogens (tertiary/aromatic N) is 1. The first-order chi connectivity index (χ1) is 8.77. The average molecular weight is 381 g/mol. The minimum atomic E-state index is -0.826. The third-order valence-electron chi connectivity index (χ3n) is 2.50. The van der Waals surface area contributed by atoms with Crippen LogP contribution in [-0.2, 0) is 26.3 Å². The number of hydrogen-bond donors (Lipinski definition) is 1. The van der Waals surface area contributed by atoms with Gasteiger partial charge in [0.1, 0.15) is 5.75 Å². The van der Waals surface area contributed by atoms with Gasteiger partial charge in [0.05, 0.1) is 0 Å². The number of benzene rings is 1. The zero-order valence-corrected chi connectivity index (χ0v) is 16.1. The number of phenolic OH excluding ortho intramolecular Hbond substituents is 1. The van der Waals surface area contributed by atoms with E-state index in [1.54, 1.807) is 6.21 Å². The average Bonchev–Trinajstić information content (AvgIpc) is 2.29. The van der Waals surface area contributed by atoms with E-state index in [0.29, 0.717) is 5.75 Å². The van der Waals surface area contributed by atoms with Crippen LogP contribution in [0.4, 0.5) is 0 Å². The van der Waals surface area contributed by atoms with E-state index in [2.05, 4.69) is 25.8 Å². The summed E-state index contributed by atoms with van der Waals surface area (Å²) in [4.78, 5) is 4.18. The van der Waals surface area contributed by atoms with E-state index in [9.17, 15) is 5.11 Å². The molecule has 1 N–H and O–H groups in total. The van der Waals surface area contributed by atoms with Crippen molar-refractivity contribution in [2.24, 2.45) is 4.99 Å². The van der Waals surface area contributed by atoms with Gasteiger partial charge in [-0.25, -0.2) is 0 Å². The van der Waals surface area contributed by atoms with Gasteiger partial charge in [-0.1, -0.05) is 26.8 Å². The number of halogens is 2. The summed E-state index contributed by atoms with van der Waals surface area (Å²) in [6, 6.07) is 4.00. The van der Waals surface area contributed by atoms with Crippen LogP contribution in [0.3, 0.4) is 0 Å². The number of phenols is 1. The second-order valence-corrected chi connectivity index (χ2v) is 8.93. The predicted octanol–water partition coefficient (Wildman–Crippen LogP) is 4.81. The second kappa shape index (κ2) is 9.16. The number of aromatic hydroxyl groups is 1. The van der Waals surface area contributed by atoms with E-state index in [1.807, 2.05) is 26.0 Å². The summed E-state index contributed by atoms with van der Waals surface area (Å²) in [6.07, 6.45) is 1.75. The summed E-state index contributed by atoms with van der Waals surface area (Å²) in [7, 11) is 9.87. The molecule has 0 saturated heterocycles.